The monoisotopic (exact) mass is 307 g/mol. The molecule has 0 radical (unpaired) electrons. The number of carbonyl (C=O) groups excluding carboxylic acids is 1. The number of H-pyrrole nitrogens is 1. The van der Waals surface area contributed by atoms with Crippen molar-refractivity contribution in [3.8, 4) is 11.5 Å². The minimum Gasteiger partial charge on any atom is -0.504 e. The Hall–Kier alpha value is -2.22. The molecule has 21 heavy (non-hydrogen) atoms. The van der Waals surface area contributed by atoms with Crippen LogP contribution in [0.3, 0.4) is 0 Å². The molecule has 0 saturated heterocycles. The maximum Gasteiger partial charge on any atom is 0.344 e. The lowest BCUT2D eigenvalue weighted by atomic mass is 10.1. The van der Waals surface area contributed by atoms with Crippen LogP contribution in [0.15, 0.2) is 28.2 Å². The topological polar surface area (TPSA) is 108 Å². The maximum atomic E-state index is 12.0. The first-order chi connectivity index (χ1) is 10.1. The second-order valence-corrected chi connectivity index (χ2v) is 5.77. The fraction of sp³-hybridized carbons (Fsp3) is 0.308. The lowest BCUT2D eigenvalue weighted by molar-refractivity contribution is 0.102. The normalized spacial score (nSPS) is 14.3. The zero-order chi connectivity index (χ0) is 15.0. The van der Waals surface area contributed by atoms with Crippen molar-refractivity contribution in [2.75, 3.05) is 5.75 Å². The quantitative estimate of drug-likeness (QED) is 0.436. The van der Waals surface area contributed by atoms with Crippen molar-refractivity contribution in [2.24, 2.45) is 0 Å². The molecule has 110 valence electrons. The molecule has 0 aliphatic heterocycles. The van der Waals surface area contributed by atoms with Gasteiger partial charge < -0.3 is 10.2 Å². The van der Waals surface area contributed by atoms with Gasteiger partial charge in [0.15, 0.2) is 22.4 Å². The molecule has 0 unspecified atom stereocenters. The lowest BCUT2D eigenvalue weighted by Gasteiger charge is -2.04. The van der Waals surface area contributed by atoms with Crippen LogP contribution in [0.4, 0.5) is 0 Å². The van der Waals surface area contributed by atoms with Gasteiger partial charge in [-0.2, -0.15) is 0 Å². The van der Waals surface area contributed by atoms with Crippen molar-refractivity contribution in [3.63, 3.8) is 0 Å². The summed E-state index contributed by atoms with van der Waals surface area (Å²) < 4.78 is 1.58. The third-order valence-corrected chi connectivity index (χ3v) is 4.17. The Morgan fingerprint density at radius 1 is 1.38 bits per heavy atom. The number of aromatic hydroxyl groups is 2. The molecule has 3 rings (SSSR count). The molecule has 1 aliphatic carbocycles. The van der Waals surface area contributed by atoms with E-state index in [9.17, 15) is 19.8 Å². The van der Waals surface area contributed by atoms with Gasteiger partial charge in [-0.15, -0.1) is 5.10 Å². The average molecular weight is 307 g/mol. The molecule has 1 fully saturated rings. The molecule has 0 atom stereocenters. The van der Waals surface area contributed by atoms with Crippen LogP contribution >= 0.6 is 11.8 Å². The van der Waals surface area contributed by atoms with E-state index < -0.39 is 0 Å². The Kier molecular flexibility index (Phi) is 3.46. The third-order valence-electron chi connectivity index (χ3n) is 3.21. The summed E-state index contributed by atoms with van der Waals surface area (Å²) in [5, 5.41) is 25.4. The van der Waals surface area contributed by atoms with Gasteiger partial charge >= 0.3 is 5.69 Å². The molecule has 1 heterocycles. The first-order valence-electron chi connectivity index (χ1n) is 6.41. The number of rotatable bonds is 5. The van der Waals surface area contributed by atoms with Crippen LogP contribution < -0.4 is 5.69 Å². The van der Waals surface area contributed by atoms with E-state index >= 15 is 0 Å². The van der Waals surface area contributed by atoms with Crippen LogP contribution in [-0.2, 0) is 0 Å². The molecule has 7 nitrogen and oxygen atoms in total. The van der Waals surface area contributed by atoms with Gasteiger partial charge in [0.05, 0.1) is 5.75 Å². The molecule has 3 N–H and O–H groups in total. The van der Waals surface area contributed by atoms with E-state index in [1.165, 1.54) is 30.0 Å². The standard InChI is InChI=1S/C13H13N3O4S/c17-9-4-1-7(5-10(9)18)11(19)6-21-13-15-14-12(20)16(13)8-2-3-8/h1,4-5,8,17-18H,2-3,6H2,(H,14,20). The largest absolute Gasteiger partial charge is 0.504 e. The van der Waals surface area contributed by atoms with Crippen molar-refractivity contribution >= 4 is 17.5 Å². The predicted molar refractivity (Wildman–Crippen MR) is 75.9 cm³/mol. The van der Waals surface area contributed by atoms with Crippen LogP contribution in [0.25, 0.3) is 0 Å². The van der Waals surface area contributed by atoms with E-state index in [0.29, 0.717) is 10.7 Å². The zero-order valence-electron chi connectivity index (χ0n) is 10.9. The van der Waals surface area contributed by atoms with E-state index in [0.717, 1.165) is 12.8 Å². The minimum atomic E-state index is -0.333. The van der Waals surface area contributed by atoms with Crippen molar-refractivity contribution in [1.82, 2.24) is 14.8 Å². The number of hydrogen-bond donors (Lipinski definition) is 3. The summed E-state index contributed by atoms with van der Waals surface area (Å²) in [5.74, 6) is -0.719. The van der Waals surface area contributed by atoms with Gasteiger partial charge in [-0.25, -0.2) is 9.89 Å². The molecular formula is C13H13N3O4S. The van der Waals surface area contributed by atoms with Gasteiger partial charge in [0.1, 0.15) is 0 Å². The van der Waals surface area contributed by atoms with Crippen LogP contribution in [0.2, 0.25) is 0 Å². The SMILES string of the molecule is O=C(CSc1n[nH]c(=O)n1C1CC1)c1ccc(O)c(O)c1. The van der Waals surface area contributed by atoms with Gasteiger partial charge in [-0.05, 0) is 31.0 Å². The fourth-order valence-corrected chi connectivity index (χ4v) is 2.87. The first-order valence-corrected chi connectivity index (χ1v) is 7.39. The summed E-state index contributed by atoms with van der Waals surface area (Å²) in [6.07, 6.45) is 1.90. The minimum absolute atomic E-state index is 0.0984. The van der Waals surface area contributed by atoms with Gasteiger partial charge in [0.25, 0.3) is 0 Å². The van der Waals surface area contributed by atoms with E-state index in [2.05, 4.69) is 10.2 Å². The van der Waals surface area contributed by atoms with Gasteiger partial charge in [0.2, 0.25) is 0 Å². The maximum absolute atomic E-state index is 12.0. The van der Waals surface area contributed by atoms with Gasteiger partial charge in [-0.1, -0.05) is 11.8 Å². The highest BCUT2D eigenvalue weighted by Crippen LogP contribution is 2.36. The molecule has 0 amide bonds. The van der Waals surface area contributed by atoms with Gasteiger partial charge in [0, 0.05) is 11.6 Å². The number of hydrogen-bond acceptors (Lipinski definition) is 6. The first kappa shape index (κ1) is 13.7. The van der Waals surface area contributed by atoms with Crippen molar-refractivity contribution in [2.45, 2.75) is 24.0 Å². The van der Waals surface area contributed by atoms with Crippen LogP contribution in [-0.4, -0.2) is 36.5 Å². The van der Waals surface area contributed by atoms with Crippen molar-refractivity contribution in [1.29, 1.82) is 0 Å². The lowest BCUT2D eigenvalue weighted by Crippen LogP contribution is -2.16. The van der Waals surface area contributed by atoms with Crippen molar-refractivity contribution < 1.29 is 15.0 Å². The number of phenolic OH excluding ortho intramolecular Hbond substituents is 2. The molecule has 2 aromatic rings. The summed E-state index contributed by atoms with van der Waals surface area (Å²) >= 11 is 1.18. The highest BCUT2D eigenvalue weighted by Gasteiger charge is 2.28. The van der Waals surface area contributed by atoms with Crippen LogP contribution in [0, 0.1) is 0 Å². The molecule has 0 bridgehead atoms. The molecule has 1 aliphatic rings. The molecule has 8 heteroatoms. The number of aromatic nitrogens is 3. The molecule has 0 spiro atoms. The van der Waals surface area contributed by atoms with E-state index in [1.54, 1.807) is 4.57 Å². The Bertz CT molecular complexity index is 748. The summed E-state index contributed by atoms with van der Waals surface area (Å²) in [6, 6.07) is 4.11. The Morgan fingerprint density at radius 2 is 2.14 bits per heavy atom. The average Bonchev–Trinajstić information content (AvgIpc) is 3.23. The van der Waals surface area contributed by atoms with Crippen molar-refractivity contribution in [3.05, 3.63) is 34.2 Å². The third kappa shape index (κ3) is 2.80. The molecule has 1 aromatic heterocycles. The van der Waals surface area contributed by atoms with E-state index in [1.807, 2.05) is 0 Å². The van der Waals surface area contributed by atoms with E-state index in [4.69, 9.17) is 0 Å². The summed E-state index contributed by atoms with van der Waals surface area (Å²) in [6.45, 7) is 0. The number of benzene rings is 1. The number of phenols is 2. The summed E-state index contributed by atoms with van der Waals surface area (Å²) in [4.78, 5) is 23.7. The Balaban J connectivity index is 1.71. The fourth-order valence-electron chi connectivity index (χ4n) is 1.96. The second kappa shape index (κ2) is 5.28. The number of Topliss-reactive ketones (excluding diaryl/α,β-unsaturated/α-hetero) is 1. The number of carbonyl (C=O) groups is 1. The number of nitrogens with zero attached hydrogens (tertiary/aromatic N) is 2. The second-order valence-electron chi connectivity index (χ2n) is 4.83. The highest BCUT2D eigenvalue weighted by molar-refractivity contribution is 7.99. The summed E-state index contributed by atoms with van der Waals surface area (Å²) in [5.41, 5.74) is 0.0448. The van der Waals surface area contributed by atoms with Gasteiger partial charge in [-0.3, -0.25) is 9.36 Å². The smallest absolute Gasteiger partial charge is 0.344 e. The molecule has 1 aromatic carbocycles. The molecule has 1 saturated carbocycles. The molecular weight excluding hydrogens is 294 g/mol. The van der Waals surface area contributed by atoms with Crippen LogP contribution in [0.1, 0.15) is 29.2 Å². The number of ketones is 1. The Morgan fingerprint density at radius 3 is 2.81 bits per heavy atom. The number of aromatic amines is 1. The zero-order valence-corrected chi connectivity index (χ0v) is 11.8. The Labute approximate surface area is 123 Å². The predicted octanol–water partition coefficient (Wildman–Crippen LogP) is 1.29. The number of thioether (sulfide) groups is 1. The van der Waals surface area contributed by atoms with E-state index in [-0.39, 0.29) is 34.8 Å². The number of nitrogens with one attached hydrogen (secondary N) is 1. The highest BCUT2D eigenvalue weighted by atomic mass is 32.2. The summed E-state index contributed by atoms with van der Waals surface area (Å²) in [7, 11) is 0. The van der Waals surface area contributed by atoms with Crippen LogP contribution in [0.5, 0.6) is 11.5 Å².